The topological polar surface area (TPSA) is 83.6 Å². The molecule has 0 radical (unpaired) electrons. The van der Waals surface area contributed by atoms with E-state index in [1.54, 1.807) is 16.7 Å². The molecule has 5 nitrogen and oxygen atoms in total. The quantitative estimate of drug-likeness (QED) is 0.771. The highest BCUT2D eigenvalue weighted by Crippen LogP contribution is 2.45. The van der Waals surface area contributed by atoms with Crippen LogP contribution in [0.15, 0.2) is 0 Å². The van der Waals surface area contributed by atoms with E-state index < -0.39 is 12.0 Å². The number of carbonyl (C=O) groups is 2. The van der Waals surface area contributed by atoms with Gasteiger partial charge in [0.25, 0.3) is 0 Å². The van der Waals surface area contributed by atoms with Gasteiger partial charge in [0.2, 0.25) is 5.91 Å². The third-order valence-electron chi connectivity index (χ3n) is 3.62. The van der Waals surface area contributed by atoms with Crippen LogP contribution in [-0.4, -0.2) is 45.6 Å². The molecule has 2 aliphatic rings. The molecule has 3 unspecified atom stereocenters. The highest BCUT2D eigenvalue weighted by atomic mass is 32.2. The van der Waals surface area contributed by atoms with Gasteiger partial charge < -0.3 is 15.7 Å². The van der Waals surface area contributed by atoms with Crippen LogP contribution in [0.25, 0.3) is 0 Å². The lowest BCUT2D eigenvalue weighted by atomic mass is 10.0. The zero-order valence-corrected chi connectivity index (χ0v) is 11.4. The summed E-state index contributed by atoms with van der Waals surface area (Å²) >= 11 is 1.61. The molecule has 3 N–H and O–H groups in total. The van der Waals surface area contributed by atoms with Gasteiger partial charge in [0.15, 0.2) is 0 Å². The molecule has 0 bridgehead atoms. The molecule has 3 atom stereocenters. The van der Waals surface area contributed by atoms with Crippen LogP contribution < -0.4 is 5.73 Å². The number of carboxylic acid groups (broad SMARTS) is 1. The second-order valence-electron chi connectivity index (χ2n) is 5.14. The second-order valence-corrected chi connectivity index (χ2v) is 6.29. The summed E-state index contributed by atoms with van der Waals surface area (Å²) in [7, 11) is 0. The first-order valence-corrected chi connectivity index (χ1v) is 7.47. The standard InChI is InChI=1S/C12H20N2O3S/c1-7(4-5-13)10(15)14-9(12(16)17)6-18-11(14)8-2-3-8/h7-9,11H,2-6,13H2,1H3,(H,16,17). The summed E-state index contributed by atoms with van der Waals surface area (Å²) in [5.41, 5.74) is 5.47. The highest BCUT2D eigenvalue weighted by molar-refractivity contribution is 8.00. The predicted octanol–water partition coefficient (Wildman–Crippen LogP) is 0.736. The maximum atomic E-state index is 12.4. The first-order valence-electron chi connectivity index (χ1n) is 6.43. The molecule has 0 aromatic carbocycles. The number of hydrogen-bond donors (Lipinski definition) is 2. The lowest BCUT2D eigenvalue weighted by Crippen LogP contribution is -2.48. The Hall–Kier alpha value is -0.750. The Kier molecular flexibility index (Phi) is 4.17. The van der Waals surface area contributed by atoms with Crippen molar-refractivity contribution in [3.63, 3.8) is 0 Å². The van der Waals surface area contributed by atoms with Gasteiger partial charge in [-0.3, -0.25) is 4.79 Å². The van der Waals surface area contributed by atoms with Crippen LogP contribution in [0.3, 0.4) is 0 Å². The molecule has 1 aliphatic heterocycles. The Morgan fingerprint density at radius 2 is 2.17 bits per heavy atom. The molecule has 1 amide bonds. The van der Waals surface area contributed by atoms with Gasteiger partial charge in [-0.1, -0.05) is 6.92 Å². The van der Waals surface area contributed by atoms with Crippen molar-refractivity contribution in [1.29, 1.82) is 0 Å². The van der Waals surface area contributed by atoms with Crippen molar-refractivity contribution in [2.24, 2.45) is 17.6 Å². The highest BCUT2D eigenvalue weighted by Gasteiger charge is 2.48. The van der Waals surface area contributed by atoms with Crippen LogP contribution in [0, 0.1) is 11.8 Å². The van der Waals surface area contributed by atoms with Gasteiger partial charge in [-0.25, -0.2) is 4.79 Å². The smallest absolute Gasteiger partial charge is 0.327 e. The van der Waals surface area contributed by atoms with Crippen LogP contribution in [0.1, 0.15) is 26.2 Å². The summed E-state index contributed by atoms with van der Waals surface area (Å²) in [5.74, 6) is -0.115. The van der Waals surface area contributed by atoms with Crippen molar-refractivity contribution >= 4 is 23.6 Å². The Labute approximate surface area is 111 Å². The summed E-state index contributed by atoms with van der Waals surface area (Å²) < 4.78 is 0. The predicted molar refractivity (Wildman–Crippen MR) is 70.1 cm³/mol. The van der Waals surface area contributed by atoms with Gasteiger partial charge in [-0.15, -0.1) is 11.8 Å². The van der Waals surface area contributed by atoms with E-state index in [0.717, 1.165) is 12.8 Å². The normalized spacial score (nSPS) is 29.3. The van der Waals surface area contributed by atoms with Crippen molar-refractivity contribution in [2.75, 3.05) is 12.3 Å². The average molecular weight is 272 g/mol. The fraction of sp³-hybridized carbons (Fsp3) is 0.833. The Bertz CT molecular complexity index is 346. The van der Waals surface area contributed by atoms with Crippen molar-refractivity contribution in [2.45, 2.75) is 37.6 Å². The molecule has 1 saturated carbocycles. The van der Waals surface area contributed by atoms with E-state index in [2.05, 4.69) is 0 Å². The van der Waals surface area contributed by atoms with Gasteiger partial charge in [0.05, 0.1) is 5.37 Å². The molecular formula is C12H20N2O3S. The molecule has 2 rings (SSSR count). The van der Waals surface area contributed by atoms with Gasteiger partial charge in [0, 0.05) is 11.7 Å². The lowest BCUT2D eigenvalue weighted by Gasteiger charge is -2.29. The second kappa shape index (κ2) is 5.48. The van der Waals surface area contributed by atoms with Gasteiger partial charge in [-0.2, -0.15) is 0 Å². The molecule has 6 heteroatoms. The third-order valence-corrected chi connectivity index (χ3v) is 5.08. The number of thioether (sulfide) groups is 1. The largest absolute Gasteiger partial charge is 0.480 e. The van der Waals surface area contributed by atoms with Crippen LogP contribution in [0.2, 0.25) is 0 Å². The Morgan fingerprint density at radius 3 is 2.67 bits per heavy atom. The van der Waals surface area contributed by atoms with E-state index in [1.165, 1.54) is 0 Å². The number of rotatable bonds is 5. The number of amides is 1. The number of hydrogen-bond acceptors (Lipinski definition) is 4. The van der Waals surface area contributed by atoms with E-state index in [9.17, 15) is 14.7 Å². The van der Waals surface area contributed by atoms with E-state index in [-0.39, 0.29) is 17.2 Å². The zero-order chi connectivity index (χ0) is 13.3. The van der Waals surface area contributed by atoms with Gasteiger partial charge >= 0.3 is 5.97 Å². The van der Waals surface area contributed by atoms with E-state index in [1.807, 2.05) is 6.92 Å². The number of aliphatic carboxylic acids is 1. The first-order chi connectivity index (χ1) is 8.56. The van der Waals surface area contributed by atoms with Crippen molar-refractivity contribution in [3.05, 3.63) is 0 Å². The van der Waals surface area contributed by atoms with E-state index in [0.29, 0.717) is 24.6 Å². The zero-order valence-electron chi connectivity index (χ0n) is 10.5. The minimum absolute atomic E-state index is 0.0465. The van der Waals surface area contributed by atoms with Gasteiger partial charge in [0.1, 0.15) is 6.04 Å². The fourth-order valence-corrected chi connectivity index (χ4v) is 4.01. The van der Waals surface area contributed by atoms with Crippen LogP contribution in [-0.2, 0) is 9.59 Å². The van der Waals surface area contributed by atoms with Crippen LogP contribution in [0.4, 0.5) is 0 Å². The monoisotopic (exact) mass is 272 g/mol. The van der Waals surface area contributed by atoms with Crippen molar-refractivity contribution in [3.8, 4) is 0 Å². The van der Waals surface area contributed by atoms with Crippen molar-refractivity contribution in [1.82, 2.24) is 4.90 Å². The number of nitrogens with zero attached hydrogens (tertiary/aromatic N) is 1. The van der Waals surface area contributed by atoms with E-state index in [4.69, 9.17) is 5.73 Å². The van der Waals surface area contributed by atoms with Gasteiger partial charge in [-0.05, 0) is 31.7 Å². The molecular weight excluding hydrogens is 252 g/mol. The number of carboxylic acids is 1. The lowest BCUT2D eigenvalue weighted by molar-refractivity contribution is -0.151. The molecule has 1 saturated heterocycles. The maximum Gasteiger partial charge on any atom is 0.327 e. The minimum atomic E-state index is -0.890. The molecule has 0 aromatic heterocycles. The summed E-state index contributed by atoms with van der Waals surface area (Å²) in [6.45, 7) is 2.29. The Morgan fingerprint density at radius 1 is 1.50 bits per heavy atom. The van der Waals surface area contributed by atoms with E-state index >= 15 is 0 Å². The van der Waals surface area contributed by atoms with Crippen LogP contribution in [0.5, 0.6) is 0 Å². The minimum Gasteiger partial charge on any atom is -0.480 e. The SMILES string of the molecule is CC(CCN)C(=O)N1C(C(=O)O)CSC1C1CC1. The molecule has 102 valence electrons. The number of nitrogens with two attached hydrogens (primary N) is 1. The summed E-state index contributed by atoms with van der Waals surface area (Å²) in [5, 5.41) is 9.30. The summed E-state index contributed by atoms with van der Waals surface area (Å²) in [4.78, 5) is 25.3. The summed E-state index contributed by atoms with van der Waals surface area (Å²) in [6, 6.07) is -0.659. The molecule has 1 heterocycles. The summed E-state index contributed by atoms with van der Waals surface area (Å²) in [6.07, 6.45) is 2.84. The molecule has 2 fully saturated rings. The van der Waals surface area contributed by atoms with Crippen molar-refractivity contribution < 1.29 is 14.7 Å². The molecule has 0 aromatic rings. The molecule has 1 aliphatic carbocycles. The average Bonchev–Trinajstić information content (AvgIpc) is 3.07. The van der Waals surface area contributed by atoms with Crippen LogP contribution >= 0.6 is 11.8 Å². The Balaban J connectivity index is 2.12. The third kappa shape index (κ3) is 2.64. The first kappa shape index (κ1) is 13.7. The maximum absolute atomic E-state index is 12.4. The molecule has 18 heavy (non-hydrogen) atoms. The number of carbonyl (C=O) groups excluding carboxylic acids is 1. The molecule has 0 spiro atoms. The fourth-order valence-electron chi connectivity index (χ4n) is 2.37.